The molecule has 1 fully saturated rings. The van der Waals surface area contributed by atoms with E-state index in [1.165, 1.54) is 4.90 Å². The summed E-state index contributed by atoms with van der Waals surface area (Å²) >= 11 is 0. The van der Waals surface area contributed by atoms with Gasteiger partial charge in [-0.15, -0.1) is 5.10 Å². The van der Waals surface area contributed by atoms with E-state index >= 15 is 0 Å². The number of nitrogens with zero attached hydrogens (tertiary/aromatic N) is 4. The molecule has 3 aromatic rings. The monoisotopic (exact) mass is 435 g/mol. The van der Waals surface area contributed by atoms with Crippen LogP contribution in [0.15, 0.2) is 54.6 Å². The van der Waals surface area contributed by atoms with E-state index in [0.29, 0.717) is 12.8 Å². The lowest BCUT2D eigenvalue weighted by Crippen LogP contribution is -2.64. The lowest BCUT2D eigenvalue weighted by Gasteiger charge is -2.43. The summed E-state index contributed by atoms with van der Waals surface area (Å²) in [4.78, 5) is 39.3. The van der Waals surface area contributed by atoms with Crippen LogP contribution in [-0.2, 0) is 32.4 Å². The average Bonchev–Trinajstić information content (AvgIpc) is 3.23. The van der Waals surface area contributed by atoms with Crippen molar-refractivity contribution in [2.24, 2.45) is 0 Å². The fourth-order valence-electron chi connectivity index (χ4n) is 3.82. The molecule has 9 heteroatoms. The van der Waals surface area contributed by atoms with E-state index in [9.17, 15) is 14.4 Å². The number of β-lactam (4-membered cyclic amide) rings is 1. The molecule has 0 radical (unpaired) electrons. The Morgan fingerprint density at radius 2 is 1.91 bits per heavy atom. The van der Waals surface area contributed by atoms with E-state index in [0.717, 1.165) is 16.6 Å². The topological polar surface area (TPSA) is 106 Å². The number of esters is 1. The molecule has 9 nitrogen and oxygen atoms in total. The van der Waals surface area contributed by atoms with Crippen molar-refractivity contribution in [3.8, 4) is 0 Å². The average molecular weight is 435 g/mol. The van der Waals surface area contributed by atoms with Crippen LogP contribution in [0, 0.1) is 0 Å². The molecule has 1 aliphatic heterocycles. The molecular formula is C23H25N5O4. The van der Waals surface area contributed by atoms with Gasteiger partial charge in [-0.2, -0.15) is 0 Å². The first-order valence-corrected chi connectivity index (χ1v) is 10.7. The van der Waals surface area contributed by atoms with Crippen LogP contribution >= 0.6 is 0 Å². The molecular weight excluding hydrogens is 410 g/mol. The van der Waals surface area contributed by atoms with Crippen LogP contribution in [0.2, 0.25) is 0 Å². The molecule has 1 saturated heterocycles. The molecule has 1 aliphatic rings. The van der Waals surface area contributed by atoms with Crippen LogP contribution in [0.5, 0.6) is 0 Å². The molecule has 2 aromatic carbocycles. The molecule has 166 valence electrons. The summed E-state index contributed by atoms with van der Waals surface area (Å²) in [6.45, 7) is 2.17. The zero-order chi connectivity index (χ0) is 22.5. The summed E-state index contributed by atoms with van der Waals surface area (Å²) in [5.41, 5.74) is 2.38. The lowest BCUT2D eigenvalue weighted by atomic mass is 9.96. The number of hydrogen-bond acceptors (Lipinski definition) is 6. The number of rotatable bonds is 9. The molecule has 0 saturated carbocycles. The summed E-state index contributed by atoms with van der Waals surface area (Å²) in [6, 6.07) is 15.3. The fourth-order valence-corrected chi connectivity index (χ4v) is 3.82. The highest BCUT2D eigenvalue weighted by Crippen LogP contribution is 2.26. The van der Waals surface area contributed by atoms with Gasteiger partial charge in [-0.1, -0.05) is 61.0 Å². The Kier molecular flexibility index (Phi) is 6.44. The second-order valence-electron chi connectivity index (χ2n) is 7.70. The molecule has 4 rings (SSSR count). The maximum atomic E-state index is 13.0. The Morgan fingerprint density at radius 1 is 1.16 bits per heavy atom. The third kappa shape index (κ3) is 4.46. The Balaban J connectivity index is 1.40. The van der Waals surface area contributed by atoms with Gasteiger partial charge in [-0.3, -0.25) is 9.59 Å². The number of carbonyl (C=O) groups excluding carboxylic acids is 3. The molecule has 2 unspecified atom stereocenters. The quantitative estimate of drug-likeness (QED) is 0.407. The molecule has 2 atom stereocenters. The molecule has 0 aliphatic carbocycles. The second-order valence-corrected chi connectivity index (χ2v) is 7.70. The zero-order valence-electron chi connectivity index (χ0n) is 17.8. The number of amides is 2. The lowest BCUT2D eigenvalue weighted by molar-refractivity contribution is -0.172. The van der Waals surface area contributed by atoms with Gasteiger partial charge >= 0.3 is 5.97 Å². The van der Waals surface area contributed by atoms with Crippen LogP contribution in [0.4, 0.5) is 0 Å². The number of para-hydroxylation sites is 1. The number of ether oxygens (including phenoxy) is 1. The first-order chi connectivity index (χ1) is 15.6. The van der Waals surface area contributed by atoms with Crippen LogP contribution < -0.4 is 5.32 Å². The van der Waals surface area contributed by atoms with Gasteiger partial charge in [-0.05, 0) is 24.1 Å². The summed E-state index contributed by atoms with van der Waals surface area (Å²) in [6.07, 6.45) is 1.17. The highest BCUT2D eigenvalue weighted by atomic mass is 16.5. The molecule has 0 spiro atoms. The molecule has 1 N–H and O–H groups in total. The summed E-state index contributed by atoms with van der Waals surface area (Å²) in [5, 5.41) is 11.0. The van der Waals surface area contributed by atoms with Crippen molar-refractivity contribution in [3.63, 3.8) is 0 Å². The third-order valence-electron chi connectivity index (χ3n) is 5.51. The smallest absolute Gasteiger partial charge is 0.329 e. The summed E-state index contributed by atoms with van der Waals surface area (Å²) in [5.74, 6) is -1.06. The third-order valence-corrected chi connectivity index (χ3v) is 5.51. The van der Waals surface area contributed by atoms with Crippen molar-refractivity contribution in [1.82, 2.24) is 25.2 Å². The standard InChI is InChI=1S/C23H25N5O4/c1-2-8-19(22(30)24-15-27-18-12-7-6-11-17(18)25-26-27)28-20(13-21(28)29)23(31)32-14-16-9-4-3-5-10-16/h3-7,9-12,19-20H,2,8,13-15H2,1H3,(H,24,30). The van der Waals surface area contributed by atoms with Crippen molar-refractivity contribution in [2.45, 2.75) is 51.5 Å². The first kappa shape index (κ1) is 21.5. The van der Waals surface area contributed by atoms with Gasteiger partial charge in [-0.25, -0.2) is 9.48 Å². The maximum Gasteiger partial charge on any atom is 0.329 e. The van der Waals surface area contributed by atoms with Crippen LogP contribution in [0.25, 0.3) is 11.0 Å². The second kappa shape index (κ2) is 9.59. The minimum absolute atomic E-state index is 0.0504. The SMILES string of the molecule is CCCC(C(=O)NCn1nnc2ccccc21)N1C(=O)CC1C(=O)OCc1ccccc1. The molecule has 2 heterocycles. The van der Waals surface area contributed by atoms with E-state index in [-0.39, 0.29) is 31.5 Å². The highest BCUT2D eigenvalue weighted by Gasteiger charge is 2.47. The van der Waals surface area contributed by atoms with E-state index in [2.05, 4.69) is 15.6 Å². The molecule has 2 amide bonds. The van der Waals surface area contributed by atoms with E-state index < -0.39 is 18.1 Å². The van der Waals surface area contributed by atoms with Crippen molar-refractivity contribution in [3.05, 3.63) is 60.2 Å². The van der Waals surface area contributed by atoms with Gasteiger partial charge in [0.05, 0.1) is 11.9 Å². The predicted molar refractivity (Wildman–Crippen MR) is 116 cm³/mol. The van der Waals surface area contributed by atoms with Crippen molar-refractivity contribution in [2.75, 3.05) is 0 Å². The van der Waals surface area contributed by atoms with Crippen molar-refractivity contribution in [1.29, 1.82) is 0 Å². The van der Waals surface area contributed by atoms with Gasteiger partial charge in [0.1, 0.15) is 30.9 Å². The molecule has 32 heavy (non-hydrogen) atoms. The Hall–Kier alpha value is -3.75. The minimum atomic E-state index is -0.749. The zero-order valence-corrected chi connectivity index (χ0v) is 17.8. The Morgan fingerprint density at radius 3 is 2.66 bits per heavy atom. The van der Waals surface area contributed by atoms with Gasteiger partial charge in [0.25, 0.3) is 0 Å². The first-order valence-electron chi connectivity index (χ1n) is 10.7. The summed E-state index contributed by atoms with van der Waals surface area (Å²) < 4.78 is 6.98. The van der Waals surface area contributed by atoms with Gasteiger partial charge in [0.15, 0.2) is 0 Å². The number of hydrogen-bond donors (Lipinski definition) is 1. The van der Waals surface area contributed by atoms with Crippen molar-refractivity contribution < 1.29 is 19.1 Å². The van der Waals surface area contributed by atoms with Gasteiger partial charge in [0, 0.05) is 0 Å². The molecule has 0 bridgehead atoms. The number of likely N-dealkylation sites (tertiary alicyclic amines) is 1. The number of benzene rings is 2. The van der Waals surface area contributed by atoms with Gasteiger partial charge < -0.3 is 15.0 Å². The predicted octanol–water partition coefficient (Wildman–Crippen LogP) is 2.02. The number of aromatic nitrogens is 3. The van der Waals surface area contributed by atoms with Crippen LogP contribution in [0.1, 0.15) is 31.7 Å². The summed E-state index contributed by atoms with van der Waals surface area (Å²) in [7, 11) is 0. The number of nitrogens with one attached hydrogen (secondary N) is 1. The maximum absolute atomic E-state index is 13.0. The number of fused-ring (bicyclic) bond motifs is 1. The largest absolute Gasteiger partial charge is 0.459 e. The Bertz CT molecular complexity index is 1110. The van der Waals surface area contributed by atoms with E-state index in [4.69, 9.17) is 4.74 Å². The highest BCUT2D eigenvalue weighted by molar-refractivity contribution is 5.98. The normalized spacial score (nSPS) is 16.5. The number of carbonyl (C=O) groups is 3. The molecule has 1 aromatic heterocycles. The fraction of sp³-hybridized carbons (Fsp3) is 0.348. The van der Waals surface area contributed by atoms with Crippen LogP contribution in [-0.4, -0.2) is 49.8 Å². The Labute approximate surface area is 185 Å². The minimum Gasteiger partial charge on any atom is -0.459 e. The van der Waals surface area contributed by atoms with E-state index in [1.54, 1.807) is 4.68 Å². The van der Waals surface area contributed by atoms with Crippen molar-refractivity contribution >= 4 is 28.8 Å². The van der Waals surface area contributed by atoms with E-state index in [1.807, 2.05) is 61.5 Å². The van der Waals surface area contributed by atoms with Crippen LogP contribution in [0.3, 0.4) is 0 Å². The van der Waals surface area contributed by atoms with Gasteiger partial charge in [0.2, 0.25) is 11.8 Å².